The highest BCUT2D eigenvalue weighted by Crippen LogP contribution is 2.31. The van der Waals surface area contributed by atoms with E-state index in [2.05, 4.69) is 25.1 Å². The monoisotopic (exact) mass is 218 g/mol. The molecule has 0 spiro atoms. The van der Waals surface area contributed by atoms with E-state index in [9.17, 15) is 4.79 Å². The van der Waals surface area contributed by atoms with Crippen LogP contribution < -0.4 is 0 Å². The number of carbonyl (C=O) groups is 1. The molecule has 0 heterocycles. The van der Waals surface area contributed by atoms with Gasteiger partial charge in [-0.05, 0) is 48.3 Å². The minimum Gasteiger partial charge on any atom is -0.481 e. The lowest BCUT2D eigenvalue weighted by Gasteiger charge is -2.22. The molecule has 1 N–H and O–H groups in total. The van der Waals surface area contributed by atoms with Gasteiger partial charge in [-0.2, -0.15) is 0 Å². The number of hydrogen-bond acceptors (Lipinski definition) is 1. The normalized spacial score (nSPS) is 19.2. The molecule has 1 unspecified atom stereocenters. The number of fused-ring (bicyclic) bond motifs is 1. The molecular weight excluding hydrogens is 200 g/mol. The zero-order valence-electron chi connectivity index (χ0n) is 9.70. The van der Waals surface area contributed by atoms with Gasteiger partial charge in [0.15, 0.2) is 0 Å². The first kappa shape index (κ1) is 11.2. The summed E-state index contributed by atoms with van der Waals surface area (Å²) in [6.45, 7) is 2.26. The third-order valence-corrected chi connectivity index (χ3v) is 3.45. The van der Waals surface area contributed by atoms with Gasteiger partial charge in [-0.3, -0.25) is 4.79 Å². The third-order valence-electron chi connectivity index (χ3n) is 3.45. The van der Waals surface area contributed by atoms with Crippen LogP contribution in [0.1, 0.15) is 48.8 Å². The van der Waals surface area contributed by atoms with Crippen LogP contribution in [0.25, 0.3) is 0 Å². The quantitative estimate of drug-likeness (QED) is 0.846. The highest BCUT2D eigenvalue weighted by molar-refractivity contribution is 5.67. The van der Waals surface area contributed by atoms with Crippen LogP contribution in [0.5, 0.6) is 0 Å². The molecule has 0 aromatic heterocycles. The van der Waals surface area contributed by atoms with Crippen LogP contribution in [-0.4, -0.2) is 11.1 Å². The van der Waals surface area contributed by atoms with Gasteiger partial charge >= 0.3 is 5.97 Å². The lowest BCUT2D eigenvalue weighted by Crippen LogP contribution is -2.08. The second kappa shape index (κ2) is 4.69. The summed E-state index contributed by atoms with van der Waals surface area (Å²) in [5.74, 6) is -0.0840. The number of aliphatic carboxylic acids is 1. The SMILES string of the molecule is CC1CCCc2ccc(CCC(=O)O)cc21. The van der Waals surface area contributed by atoms with Gasteiger partial charge in [-0.25, -0.2) is 0 Å². The van der Waals surface area contributed by atoms with Crippen molar-refractivity contribution in [3.63, 3.8) is 0 Å². The number of hydrogen-bond donors (Lipinski definition) is 1. The summed E-state index contributed by atoms with van der Waals surface area (Å²) in [6, 6.07) is 6.48. The largest absolute Gasteiger partial charge is 0.481 e. The van der Waals surface area contributed by atoms with E-state index in [0.717, 1.165) is 5.56 Å². The van der Waals surface area contributed by atoms with E-state index in [-0.39, 0.29) is 6.42 Å². The van der Waals surface area contributed by atoms with Crippen molar-refractivity contribution in [2.45, 2.75) is 44.9 Å². The summed E-state index contributed by atoms with van der Waals surface area (Å²) < 4.78 is 0. The molecule has 1 aliphatic rings. The molecular formula is C14H18O2. The summed E-state index contributed by atoms with van der Waals surface area (Å²) in [5, 5.41) is 8.67. The smallest absolute Gasteiger partial charge is 0.303 e. The predicted octanol–water partition coefficient (Wildman–Crippen LogP) is 3.14. The summed E-state index contributed by atoms with van der Waals surface area (Å²) in [6.07, 6.45) is 4.60. The Hall–Kier alpha value is -1.31. The molecule has 1 aliphatic carbocycles. The van der Waals surface area contributed by atoms with Gasteiger partial charge in [0.25, 0.3) is 0 Å². The first-order valence-electron chi connectivity index (χ1n) is 6.00. The zero-order chi connectivity index (χ0) is 11.5. The van der Waals surface area contributed by atoms with Crippen molar-refractivity contribution in [3.05, 3.63) is 34.9 Å². The number of carboxylic acid groups (broad SMARTS) is 1. The van der Waals surface area contributed by atoms with Crippen LogP contribution in [0.15, 0.2) is 18.2 Å². The van der Waals surface area contributed by atoms with Crippen molar-refractivity contribution in [1.29, 1.82) is 0 Å². The number of benzene rings is 1. The first-order chi connectivity index (χ1) is 7.66. The van der Waals surface area contributed by atoms with E-state index in [1.165, 1.54) is 30.4 Å². The summed E-state index contributed by atoms with van der Waals surface area (Å²) in [4.78, 5) is 10.5. The van der Waals surface area contributed by atoms with E-state index in [1.807, 2.05) is 0 Å². The summed E-state index contributed by atoms with van der Waals surface area (Å²) >= 11 is 0. The number of rotatable bonds is 3. The second-order valence-corrected chi connectivity index (χ2v) is 4.72. The molecule has 0 saturated heterocycles. The van der Waals surface area contributed by atoms with E-state index in [0.29, 0.717) is 12.3 Å². The Morgan fingerprint density at radius 3 is 3.06 bits per heavy atom. The molecule has 0 aliphatic heterocycles. The lowest BCUT2D eigenvalue weighted by atomic mass is 9.83. The fraction of sp³-hybridized carbons (Fsp3) is 0.500. The van der Waals surface area contributed by atoms with Crippen molar-refractivity contribution in [1.82, 2.24) is 0 Å². The van der Waals surface area contributed by atoms with Gasteiger partial charge < -0.3 is 5.11 Å². The molecule has 0 bridgehead atoms. The topological polar surface area (TPSA) is 37.3 Å². The third kappa shape index (κ3) is 2.43. The molecule has 1 atom stereocenters. The van der Waals surface area contributed by atoms with Crippen molar-refractivity contribution in [2.75, 3.05) is 0 Å². The van der Waals surface area contributed by atoms with Crippen LogP contribution in [0.2, 0.25) is 0 Å². The Balaban J connectivity index is 2.17. The van der Waals surface area contributed by atoms with Crippen molar-refractivity contribution in [3.8, 4) is 0 Å². The molecule has 1 aromatic rings. The molecule has 0 radical (unpaired) electrons. The average molecular weight is 218 g/mol. The molecule has 2 rings (SSSR count). The molecule has 16 heavy (non-hydrogen) atoms. The van der Waals surface area contributed by atoms with Gasteiger partial charge in [-0.15, -0.1) is 0 Å². The van der Waals surface area contributed by atoms with Crippen LogP contribution in [0.3, 0.4) is 0 Å². The van der Waals surface area contributed by atoms with Gasteiger partial charge in [-0.1, -0.05) is 25.1 Å². The van der Waals surface area contributed by atoms with Crippen molar-refractivity contribution >= 4 is 5.97 Å². The summed E-state index contributed by atoms with van der Waals surface area (Å²) in [5.41, 5.74) is 4.06. The lowest BCUT2D eigenvalue weighted by molar-refractivity contribution is -0.136. The van der Waals surface area contributed by atoms with Crippen LogP contribution in [0, 0.1) is 0 Å². The Kier molecular flexibility index (Phi) is 3.28. The zero-order valence-corrected chi connectivity index (χ0v) is 9.70. The summed E-state index contributed by atoms with van der Waals surface area (Å²) in [7, 11) is 0. The predicted molar refractivity (Wildman–Crippen MR) is 63.8 cm³/mol. The second-order valence-electron chi connectivity index (χ2n) is 4.72. The molecule has 2 heteroatoms. The van der Waals surface area contributed by atoms with Gasteiger partial charge in [0, 0.05) is 6.42 Å². The fourth-order valence-corrected chi connectivity index (χ4v) is 2.49. The van der Waals surface area contributed by atoms with Crippen molar-refractivity contribution in [2.24, 2.45) is 0 Å². The molecule has 2 nitrogen and oxygen atoms in total. The standard InChI is InChI=1S/C14H18O2/c1-10-3-2-4-12-7-5-11(9-13(10)12)6-8-14(15)16/h5,7,9-10H,2-4,6,8H2,1H3,(H,15,16). The van der Waals surface area contributed by atoms with Crippen LogP contribution in [0.4, 0.5) is 0 Å². The maximum Gasteiger partial charge on any atom is 0.303 e. The van der Waals surface area contributed by atoms with E-state index < -0.39 is 5.97 Å². The van der Waals surface area contributed by atoms with Gasteiger partial charge in [0.2, 0.25) is 0 Å². The van der Waals surface area contributed by atoms with Gasteiger partial charge in [0.05, 0.1) is 0 Å². The average Bonchev–Trinajstić information content (AvgIpc) is 2.27. The highest BCUT2D eigenvalue weighted by atomic mass is 16.4. The minimum absolute atomic E-state index is 0.229. The van der Waals surface area contributed by atoms with E-state index in [4.69, 9.17) is 5.11 Å². The first-order valence-corrected chi connectivity index (χ1v) is 6.00. The van der Waals surface area contributed by atoms with E-state index in [1.54, 1.807) is 0 Å². The molecule has 0 saturated carbocycles. The van der Waals surface area contributed by atoms with Crippen LogP contribution >= 0.6 is 0 Å². The Bertz CT molecular complexity index is 396. The molecule has 86 valence electrons. The van der Waals surface area contributed by atoms with Gasteiger partial charge in [0.1, 0.15) is 0 Å². The Labute approximate surface area is 96.3 Å². The van der Waals surface area contributed by atoms with E-state index >= 15 is 0 Å². The maximum atomic E-state index is 10.5. The van der Waals surface area contributed by atoms with Crippen molar-refractivity contribution < 1.29 is 9.90 Å². The number of carboxylic acids is 1. The minimum atomic E-state index is -0.717. The molecule has 1 aromatic carbocycles. The fourth-order valence-electron chi connectivity index (χ4n) is 2.49. The Morgan fingerprint density at radius 1 is 1.50 bits per heavy atom. The number of aryl methyl sites for hydroxylation is 2. The molecule has 0 amide bonds. The van der Waals surface area contributed by atoms with Crippen LogP contribution in [-0.2, 0) is 17.6 Å². The highest BCUT2D eigenvalue weighted by Gasteiger charge is 2.16. The Morgan fingerprint density at radius 2 is 2.31 bits per heavy atom. The maximum absolute atomic E-state index is 10.5. The molecule has 0 fully saturated rings.